The molecule has 2 fully saturated rings. The molecule has 21 heavy (non-hydrogen) atoms. The molecule has 124 valence electrons. The van der Waals surface area contributed by atoms with Crippen molar-refractivity contribution in [2.45, 2.75) is 58.0 Å². The number of hydrogen-bond donors (Lipinski definition) is 1. The van der Waals surface area contributed by atoms with E-state index >= 15 is 0 Å². The number of hydrogen-bond acceptors (Lipinski definition) is 4. The molecule has 2 atom stereocenters. The minimum Gasteiger partial charge on any atom is -0.396 e. The van der Waals surface area contributed by atoms with Gasteiger partial charge in [-0.05, 0) is 52.5 Å². The first-order valence-electron chi connectivity index (χ1n) is 9.02. The van der Waals surface area contributed by atoms with Crippen LogP contribution in [0.5, 0.6) is 0 Å². The van der Waals surface area contributed by atoms with Crippen molar-refractivity contribution >= 4 is 0 Å². The van der Waals surface area contributed by atoms with Gasteiger partial charge in [0.2, 0.25) is 0 Å². The Morgan fingerprint density at radius 2 is 1.33 bits per heavy atom. The largest absolute Gasteiger partial charge is 0.396 e. The predicted molar refractivity (Wildman–Crippen MR) is 88.7 cm³/mol. The highest BCUT2D eigenvalue weighted by molar-refractivity contribution is 4.83. The molecule has 0 spiro atoms. The summed E-state index contributed by atoms with van der Waals surface area (Å²) in [7, 11) is 0. The van der Waals surface area contributed by atoms with Gasteiger partial charge in [-0.2, -0.15) is 0 Å². The lowest BCUT2D eigenvalue weighted by Crippen LogP contribution is -2.49. The molecule has 2 aliphatic heterocycles. The minimum absolute atomic E-state index is 0.348. The third-order valence-corrected chi connectivity index (χ3v) is 5.41. The monoisotopic (exact) mass is 297 g/mol. The Labute approximate surface area is 131 Å². The second-order valence-corrected chi connectivity index (χ2v) is 6.98. The van der Waals surface area contributed by atoms with Crippen LogP contribution in [0.25, 0.3) is 0 Å². The molecule has 0 saturated carbocycles. The number of nitrogens with zero attached hydrogens (tertiary/aromatic N) is 3. The van der Waals surface area contributed by atoms with Crippen LogP contribution in [0.15, 0.2) is 0 Å². The maximum Gasteiger partial charge on any atom is 0.0431 e. The molecule has 2 saturated heterocycles. The van der Waals surface area contributed by atoms with E-state index in [2.05, 4.69) is 28.5 Å². The summed E-state index contributed by atoms with van der Waals surface area (Å²) >= 11 is 0. The zero-order valence-electron chi connectivity index (χ0n) is 14.1. The topological polar surface area (TPSA) is 30.0 Å². The molecule has 0 aromatic heterocycles. The molecule has 0 aliphatic carbocycles. The van der Waals surface area contributed by atoms with E-state index in [4.69, 9.17) is 5.11 Å². The summed E-state index contributed by atoms with van der Waals surface area (Å²) in [6.45, 7) is 13.7. The SMILES string of the molecule is CC1CCC(C)N1CCN1CCN(CCCCCO)CC1. The van der Waals surface area contributed by atoms with E-state index in [9.17, 15) is 0 Å². The first-order chi connectivity index (χ1) is 10.2. The van der Waals surface area contributed by atoms with Gasteiger partial charge in [0.15, 0.2) is 0 Å². The summed E-state index contributed by atoms with van der Waals surface area (Å²) in [5.74, 6) is 0. The predicted octanol–water partition coefficient (Wildman–Crippen LogP) is 1.64. The van der Waals surface area contributed by atoms with Crippen molar-refractivity contribution in [1.29, 1.82) is 0 Å². The van der Waals surface area contributed by atoms with Crippen molar-refractivity contribution in [3.05, 3.63) is 0 Å². The molecule has 2 rings (SSSR count). The molecule has 0 radical (unpaired) electrons. The number of likely N-dealkylation sites (tertiary alicyclic amines) is 1. The summed E-state index contributed by atoms with van der Waals surface area (Å²) in [6.07, 6.45) is 6.13. The van der Waals surface area contributed by atoms with Gasteiger partial charge in [0.1, 0.15) is 0 Å². The molecule has 1 N–H and O–H groups in total. The Bertz CT molecular complexity index is 269. The summed E-state index contributed by atoms with van der Waals surface area (Å²) < 4.78 is 0. The van der Waals surface area contributed by atoms with E-state index in [1.165, 1.54) is 71.5 Å². The Morgan fingerprint density at radius 1 is 0.762 bits per heavy atom. The maximum atomic E-state index is 8.80. The van der Waals surface area contributed by atoms with E-state index in [0.717, 1.165) is 18.5 Å². The highest BCUT2D eigenvalue weighted by atomic mass is 16.2. The number of aliphatic hydroxyl groups is 1. The van der Waals surface area contributed by atoms with Crippen LogP contribution in [0.3, 0.4) is 0 Å². The average Bonchev–Trinajstić information content (AvgIpc) is 2.82. The van der Waals surface area contributed by atoms with Gasteiger partial charge in [-0.25, -0.2) is 0 Å². The minimum atomic E-state index is 0.348. The van der Waals surface area contributed by atoms with Crippen LogP contribution >= 0.6 is 0 Å². The fourth-order valence-electron chi connectivity index (χ4n) is 3.81. The van der Waals surface area contributed by atoms with E-state index in [0.29, 0.717) is 6.61 Å². The normalized spacial score (nSPS) is 29.3. The average molecular weight is 297 g/mol. The van der Waals surface area contributed by atoms with Crippen LogP contribution in [-0.4, -0.2) is 84.3 Å². The molecule has 2 aliphatic rings. The molecular weight excluding hydrogens is 262 g/mol. The van der Waals surface area contributed by atoms with Crippen LogP contribution in [-0.2, 0) is 0 Å². The fraction of sp³-hybridized carbons (Fsp3) is 1.00. The molecule has 2 heterocycles. The second kappa shape index (κ2) is 9.09. The second-order valence-electron chi connectivity index (χ2n) is 6.98. The van der Waals surface area contributed by atoms with E-state index in [1.807, 2.05) is 0 Å². The van der Waals surface area contributed by atoms with Crippen LogP contribution in [0.2, 0.25) is 0 Å². The first kappa shape index (κ1) is 17.2. The quantitative estimate of drug-likeness (QED) is 0.690. The molecule has 4 nitrogen and oxygen atoms in total. The van der Waals surface area contributed by atoms with Gasteiger partial charge in [-0.1, -0.05) is 0 Å². The van der Waals surface area contributed by atoms with Gasteiger partial charge in [-0.15, -0.1) is 0 Å². The molecule has 0 amide bonds. The van der Waals surface area contributed by atoms with Crippen molar-refractivity contribution in [2.24, 2.45) is 0 Å². The standard InChI is InChI=1S/C17H35N3O/c1-16-6-7-17(2)20(16)14-13-19-11-9-18(10-12-19)8-4-3-5-15-21/h16-17,21H,3-15H2,1-2H3. The van der Waals surface area contributed by atoms with Crippen LogP contribution in [0.1, 0.15) is 46.0 Å². The number of piperazine rings is 1. The van der Waals surface area contributed by atoms with Crippen molar-refractivity contribution in [2.75, 3.05) is 52.4 Å². The third-order valence-electron chi connectivity index (χ3n) is 5.41. The smallest absolute Gasteiger partial charge is 0.0431 e. The van der Waals surface area contributed by atoms with Crippen molar-refractivity contribution in [3.8, 4) is 0 Å². The summed E-state index contributed by atoms with van der Waals surface area (Å²) in [5.41, 5.74) is 0. The van der Waals surface area contributed by atoms with Gasteiger partial charge >= 0.3 is 0 Å². The lowest BCUT2D eigenvalue weighted by atomic mass is 10.2. The van der Waals surface area contributed by atoms with E-state index in [1.54, 1.807) is 0 Å². The summed E-state index contributed by atoms with van der Waals surface area (Å²) in [4.78, 5) is 7.93. The summed E-state index contributed by atoms with van der Waals surface area (Å²) in [5, 5.41) is 8.80. The molecule has 0 aromatic carbocycles. The Hall–Kier alpha value is -0.160. The number of aliphatic hydroxyl groups excluding tert-OH is 1. The number of unbranched alkanes of at least 4 members (excludes halogenated alkanes) is 2. The maximum absolute atomic E-state index is 8.80. The first-order valence-corrected chi connectivity index (χ1v) is 9.02. The van der Waals surface area contributed by atoms with Crippen molar-refractivity contribution in [3.63, 3.8) is 0 Å². The molecule has 2 unspecified atom stereocenters. The zero-order valence-corrected chi connectivity index (χ0v) is 14.1. The van der Waals surface area contributed by atoms with Crippen LogP contribution < -0.4 is 0 Å². The van der Waals surface area contributed by atoms with Crippen molar-refractivity contribution < 1.29 is 5.11 Å². The zero-order chi connectivity index (χ0) is 15.1. The highest BCUT2D eigenvalue weighted by Crippen LogP contribution is 2.22. The van der Waals surface area contributed by atoms with Gasteiger partial charge in [0.05, 0.1) is 0 Å². The molecule has 4 heteroatoms. The summed E-state index contributed by atoms with van der Waals surface area (Å²) in [6, 6.07) is 1.57. The van der Waals surface area contributed by atoms with Gasteiger partial charge in [-0.3, -0.25) is 9.80 Å². The van der Waals surface area contributed by atoms with E-state index in [-0.39, 0.29) is 0 Å². The van der Waals surface area contributed by atoms with Gasteiger partial charge in [0.25, 0.3) is 0 Å². The molecule has 0 aromatic rings. The lowest BCUT2D eigenvalue weighted by Gasteiger charge is -2.36. The van der Waals surface area contributed by atoms with E-state index < -0.39 is 0 Å². The molecule has 0 bridgehead atoms. The Balaban J connectivity index is 1.56. The Morgan fingerprint density at radius 3 is 1.90 bits per heavy atom. The van der Waals surface area contributed by atoms with Gasteiger partial charge in [0, 0.05) is 58.0 Å². The van der Waals surface area contributed by atoms with Crippen molar-refractivity contribution in [1.82, 2.24) is 14.7 Å². The number of rotatable bonds is 8. The van der Waals surface area contributed by atoms with Gasteiger partial charge < -0.3 is 10.0 Å². The third kappa shape index (κ3) is 5.51. The highest BCUT2D eigenvalue weighted by Gasteiger charge is 2.27. The van der Waals surface area contributed by atoms with Crippen LogP contribution in [0, 0.1) is 0 Å². The van der Waals surface area contributed by atoms with Crippen LogP contribution in [0.4, 0.5) is 0 Å². The molecular formula is C17H35N3O. The lowest BCUT2D eigenvalue weighted by molar-refractivity contribution is 0.108. The fourth-order valence-corrected chi connectivity index (χ4v) is 3.81. The Kier molecular flexibility index (Phi) is 7.44.